The summed E-state index contributed by atoms with van der Waals surface area (Å²) in [5.41, 5.74) is 3.20. The summed E-state index contributed by atoms with van der Waals surface area (Å²) in [5.74, 6) is -2.26. The van der Waals surface area contributed by atoms with Gasteiger partial charge in [0.1, 0.15) is 6.04 Å². The predicted molar refractivity (Wildman–Crippen MR) is 116 cm³/mol. The van der Waals surface area contributed by atoms with E-state index in [1.54, 1.807) is 61.5 Å². The third-order valence-electron chi connectivity index (χ3n) is 5.48. The molecule has 2 aromatic carbocycles. The standard InChI is InChI=1S/C25H22N2O5/c1-15-12-20(16(2)26-15)22(28)14-32-25(31)21(13-17-8-4-3-5-9-17)27-23(29)18-10-6-7-11-19(18)24(27)30/h3-12,21,26H,13-14H2,1-2H3/t21-/m0/s1. The molecule has 32 heavy (non-hydrogen) atoms. The Labute approximate surface area is 185 Å². The lowest BCUT2D eigenvalue weighted by atomic mass is 10.0. The number of hydrogen-bond donors (Lipinski definition) is 1. The molecule has 1 aromatic heterocycles. The van der Waals surface area contributed by atoms with E-state index in [0.717, 1.165) is 16.2 Å². The number of Topliss-reactive ketones (excluding diaryl/α,β-unsaturated/α-hetero) is 1. The van der Waals surface area contributed by atoms with Crippen molar-refractivity contribution in [3.63, 3.8) is 0 Å². The zero-order chi connectivity index (χ0) is 22.8. The van der Waals surface area contributed by atoms with Gasteiger partial charge in [0.05, 0.1) is 11.1 Å². The number of ketones is 1. The summed E-state index contributed by atoms with van der Waals surface area (Å²) in [4.78, 5) is 55.6. The minimum Gasteiger partial charge on any atom is -0.456 e. The van der Waals surface area contributed by atoms with E-state index in [-0.39, 0.29) is 23.3 Å². The minimum atomic E-state index is -1.19. The molecule has 1 N–H and O–H groups in total. The Morgan fingerprint density at radius 2 is 1.53 bits per heavy atom. The molecule has 0 radical (unpaired) electrons. The van der Waals surface area contributed by atoms with Crippen LogP contribution in [-0.2, 0) is 16.0 Å². The molecule has 0 bridgehead atoms. The lowest BCUT2D eigenvalue weighted by molar-refractivity contribution is -0.147. The molecule has 0 spiro atoms. The lowest BCUT2D eigenvalue weighted by Crippen LogP contribution is -2.47. The molecule has 2 heterocycles. The van der Waals surface area contributed by atoms with Gasteiger partial charge in [-0.15, -0.1) is 0 Å². The van der Waals surface area contributed by atoms with Crippen LogP contribution in [0.1, 0.15) is 48.0 Å². The highest BCUT2D eigenvalue weighted by Gasteiger charge is 2.43. The number of carbonyl (C=O) groups excluding carboxylic acids is 4. The molecule has 7 heteroatoms. The van der Waals surface area contributed by atoms with Gasteiger partial charge in [-0.25, -0.2) is 4.79 Å². The number of esters is 1. The molecule has 7 nitrogen and oxygen atoms in total. The Hall–Kier alpha value is -4.00. The normalized spacial score (nSPS) is 13.8. The maximum atomic E-state index is 13.1. The van der Waals surface area contributed by atoms with Gasteiger partial charge in [-0.2, -0.15) is 0 Å². The molecule has 2 amide bonds. The van der Waals surface area contributed by atoms with Crippen molar-refractivity contribution >= 4 is 23.6 Å². The molecule has 1 atom stereocenters. The summed E-state index contributed by atoms with van der Waals surface area (Å²) in [6.07, 6.45) is 0.0849. The molecule has 3 aromatic rings. The summed E-state index contributed by atoms with van der Waals surface area (Å²) in [6.45, 7) is 3.11. The zero-order valence-electron chi connectivity index (χ0n) is 17.8. The molecule has 0 aliphatic carbocycles. The van der Waals surface area contributed by atoms with Crippen molar-refractivity contribution in [1.82, 2.24) is 9.88 Å². The number of nitrogens with one attached hydrogen (secondary N) is 1. The number of nitrogens with zero attached hydrogens (tertiary/aromatic N) is 1. The van der Waals surface area contributed by atoms with Crippen molar-refractivity contribution < 1.29 is 23.9 Å². The quantitative estimate of drug-likeness (QED) is 0.353. The number of imide groups is 1. The van der Waals surface area contributed by atoms with E-state index in [4.69, 9.17) is 4.74 Å². The fraction of sp³-hybridized carbons (Fsp3) is 0.200. The summed E-state index contributed by atoms with van der Waals surface area (Å²) >= 11 is 0. The highest BCUT2D eigenvalue weighted by molar-refractivity contribution is 6.22. The first-order valence-electron chi connectivity index (χ1n) is 10.2. The SMILES string of the molecule is Cc1cc(C(=O)COC(=O)[C@H](Cc2ccccc2)N2C(=O)c3ccccc3C2=O)c(C)[nH]1. The first kappa shape index (κ1) is 21.2. The van der Waals surface area contributed by atoms with Crippen LogP contribution in [0.2, 0.25) is 0 Å². The van der Waals surface area contributed by atoms with Gasteiger partial charge in [-0.3, -0.25) is 19.3 Å². The molecule has 0 unspecified atom stereocenters. The Bertz CT molecular complexity index is 1180. The van der Waals surface area contributed by atoms with Crippen molar-refractivity contribution in [1.29, 1.82) is 0 Å². The van der Waals surface area contributed by atoms with Crippen LogP contribution < -0.4 is 0 Å². The number of H-pyrrole nitrogens is 1. The summed E-state index contributed by atoms with van der Waals surface area (Å²) in [5, 5.41) is 0. The zero-order valence-corrected chi connectivity index (χ0v) is 17.8. The molecule has 0 saturated heterocycles. The maximum absolute atomic E-state index is 13.1. The van der Waals surface area contributed by atoms with Crippen LogP contribution in [0.4, 0.5) is 0 Å². The van der Waals surface area contributed by atoms with E-state index in [1.165, 1.54) is 0 Å². The Morgan fingerprint density at radius 1 is 0.938 bits per heavy atom. The van der Waals surface area contributed by atoms with Gasteiger partial charge in [0.25, 0.3) is 11.8 Å². The average Bonchev–Trinajstić information content (AvgIpc) is 3.26. The van der Waals surface area contributed by atoms with E-state index in [9.17, 15) is 19.2 Å². The van der Waals surface area contributed by atoms with Gasteiger partial charge in [-0.1, -0.05) is 42.5 Å². The number of fused-ring (bicyclic) bond motifs is 1. The molecule has 4 rings (SSSR count). The van der Waals surface area contributed by atoms with Gasteiger partial charge >= 0.3 is 5.97 Å². The van der Waals surface area contributed by atoms with Crippen molar-refractivity contribution in [3.8, 4) is 0 Å². The van der Waals surface area contributed by atoms with Gasteiger partial charge in [0.2, 0.25) is 5.78 Å². The first-order valence-corrected chi connectivity index (χ1v) is 10.2. The molecular formula is C25H22N2O5. The fourth-order valence-electron chi connectivity index (χ4n) is 3.93. The largest absolute Gasteiger partial charge is 0.456 e. The van der Waals surface area contributed by atoms with Crippen molar-refractivity contribution in [2.45, 2.75) is 26.3 Å². The average molecular weight is 430 g/mol. The second-order valence-electron chi connectivity index (χ2n) is 7.75. The molecular weight excluding hydrogens is 408 g/mol. The van der Waals surface area contributed by atoms with Gasteiger partial charge < -0.3 is 9.72 Å². The fourth-order valence-corrected chi connectivity index (χ4v) is 3.93. The van der Waals surface area contributed by atoms with Crippen LogP contribution in [-0.4, -0.2) is 46.1 Å². The Morgan fingerprint density at radius 3 is 2.09 bits per heavy atom. The summed E-state index contributed by atoms with van der Waals surface area (Å²) in [7, 11) is 0. The third kappa shape index (κ3) is 3.97. The van der Waals surface area contributed by atoms with E-state index in [1.807, 2.05) is 13.0 Å². The number of carbonyl (C=O) groups is 4. The Kier molecular flexibility index (Phi) is 5.73. The number of aryl methyl sites for hydroxylation is 2. The second kappa shape index (κ2) is 8.63. The van der Waals surface area contributed by atoms with Crippen LogP contribution in [0.25, 0.3) is 0 Å². The molecule has 0 saturated carbocycles. The van der Waals surface area contributed by atoms with E-state index in [2.05, 4.69) is 4.98 Å². The topological polar surface area (TPSA) is 96.5 Å². The number of amides is 2. The lowest BCUT2D eigenvalue weighted by Gasteiger charge is -2.24. The minimum absolute atomic E-state index is 0.0849. The highest BCUT2D eigenvalue weighted by atomic mass is 16.5. The van der Waals surface area contributed by atoms with Crippen LogP contribution in [0, 0.1) is 13.8 Å². The predicted octanol–water partition coefficient (Wildman–Crippen LogP) is 3.26. The van der Waals surface area contributed by atoms with Crippen LogP contribution in [0.15, 0.2) is 60.7 Å². The van der Waals surface area contributed by atoms with Crippen molar-refractivity contribution in [2.75, 3.05) is 6.61 Å². The molecule has 0 fully saturated rings. The van der Waals surface area contributed by atoms with E-state index in [0.29, 0.717) is 11.3 Å². The van der Waals surface area contributed by atoms with Crippen LogP contribution in [0.5, 0.6) is 0 Å². The van der Waals surface area contributed by atoms with E-state index < -0.39 is 30.4 Å². The monoisotopic (exact) mass is 430 g/mol. The summed E-state index contributed by atoms with van der Waals surface area (Å²) in [6, 6.07) is 16.0. The number of rotatable bonds is 7. The van der Waals surface area contributed by atoms with E-state index >= 15 is 0 Å². The summed E-state index contributed by atoms with van der Waals surface area (Å²) < 4.78 is 5.32. The molecule has 1 aliphatic rings. The van der Waals surface area contributed by atoms with Crippen molar-refractivity contribution in [2.24, 2.45) is 0 Å². The number of aromatic nitrogens is 1. The van der Waals surface area contributed by atoms with Gasteiger partial charge in [0.15, 0.2) is 6.61 Å². The molecule has 162 valence electrons. The van der Waals surface area contributed by atoms with Crippen LogP contribution >= 0.6 is 0 Å². The van der Waals surface area contributed by atoms with Crippen molar-refractivity contribution in [3.05, 3.63) is 94.3 Å². The number of aromatic amines is 1. The number of hydrogen-bond acceptors (Lipinski definition) is 5. The van der Waals surface area contributed by atoms with Crippen LogP contribution in [0.3, 0.4) is 0 Å². The van der Waals surface area contributed by atoms with Gasteiger partial charge in [0, 0.05) is 23.4 Å². The highest BCUT2D eigenvalue weighted by Crippen LogP contribution is 2.26. The number of ether oxygens (including phenoxy) is 1. The third-order valence-corrected chi connectivity index (χ3v) is 5.48. The first-order chi connectivity index (χ1) is 15.4. The maximum Gasteiger partial charge on any atom is 0.330 e. The Balaban J connectivity index is 1.58. The number of benzene rings is 2. The molecule has 1 aliphatic heterocycles. The van der Waals surface area contributed by atoms with Gasteiger partial charge in [-0.05, 0) is 37.6 Å². The smallest absolute Gasteiger partial charge is 0.330 e. The second-order valence-corrected chi connectivity index (χ2v) is 7.75.